The van der Waals surface area contributed by atoms with Gasteiger partial charge in [0.15, 0.2) is 8.38 Å². The van der Waals surface area contributed by atoms with E-state index in [9.17, 15) is 4.79 Å². The second-order valence-electron chi connectivity index (χ2n) is 1.53. The lowest BCUT2D eigenvalue weighted by Gasteiger charge is -1.97. The fourth-order valence-electron chi connectivity index (χ4n) is 0.480. The number of rotatable bonds is 1. The third-order valence-corrected chi connectivity index (χ3v) is 1.68. The number of hydrogen-bond acceptors (Lipinski definition) is 4. The molecule has 9 heavy (non-hydrogen) atoms. The summed E-state index contributed by atoms with van der Waals surface area (Å²) in [6.45, 7) is 0.0253. The third kappa shape index (κ3) is 1.48. The van der Waals surface area contributed by atoms with Crippen molar-refractivity contribution < 1.29 is 19.3 Å². The first-order chi connectivity index (χ1) is 4.20. The Morgan fingerprint density at radius 3 is 2.56 bits per heavy atom. The van der Waals surface area contributed by atoms with Crippen LogP contribution >= 0.6 is 8.38 Å². The Kier molecular flexibility index (Phi) is 1.81. The molecule has 1 rings (SSSR count). The van der Waals surface area contributed by atoms with Crippen LogP contribution < -0.4 is 0 Å². The molecule has 0 aliphatic carbocycles. The molecular formula is C4H5O4P. The van der Waals surface area contributed by atoms with Crippen LogP contribution in [0.4, 0.5) is 0 Å². The molecule has 0 atom stereocenters. The summed E-state index contributed by atoms with van der Waals surface area (Å²) in [7, 11) is -2.11. The lowest BCUT2D eigenvalue weighted by molar-refractivity contribution is -0.134. The van der Waals surface area contributed by atoms with Crippen molar-refractivity contribution in [2.75, 3.05) is 6.61 Å². The highest BCUT2D eigenvalue weighted by Crippen LogP contribution is 2.37. The molecule has 1 aliphatic heterocycles. The Morgan fingerprint density at radius 2 is 2.33 bits per heavy atom. The van der Waals surface area contributed by atoms with Gasteiger partial charge in [-0.3, -0.25) is 0 Å². The fraction of sp³-hybridized carbons (Fsp3) is 0.250. The van der Waals surface area contributed by atoms with E-state index in [4.69, 9.17) is 9.79 Å². The van der Waals surface area contributed by atoms with Crippen molar-refractivity contribution in [3.63, 3.8) is 0 Å². The average molecular weight is 148 g/mol. The van der Waals surface area contributed by atoms with Crippen LogP contribution in [0, 0.1) is 0 Å². The minimum atomic E-state index is -2.11. The Balaban J connectivity index is 2.62. The zero-order valence-electron chi connectivity index (χ0n) is 4.44. The van der Waals surface area contributed by atoms with Crippen LogP contribution in [0.25, 0.3) is 0 Å². The molecule has 0 spiro atoms. The van der Waals surface area contributed by atoms with E-state index in [-0.39, 0.29) is 11.9 Å². The minimum Gasteiger partial charge on any atom is -0.457 e. The number of hydrogen-bond donors (Lipinski definition) is 2. The molecule has 0 aromatic carbocycles. The van der Waals surface area contributed by atoms with Gasteiger partial charge >= 0.3 is 5.97 Å². The maximum Gasteiger partial charge on any atom is 0.331 e. The zero-order valence-corrected chi connectivity index (χ0v) is 5.34. The summed E-state index contributed by atoms with van der Waals surface area (Å²) in [6.07, 6.45) is 1.10. The van der Waals surface area contributed by atoms with Crippen LogP contribution in [0.3, 0.4) is 0 Å². The second kappa shape index (κ2) is 2.43. The monoisotopic (exact) mass is 148 g/mol. The summed E-state index contributed by atoms with van der Waals surface area (Å²) in [5.41, 5.74) is 0. The van der Waals surface area contributed by atoms with Crippen LogP contribution in [-0.4, -0.2) is 22.4 Å². The van der Waals surface area contributed by atoms with Crippen molar-refractivity contribution in [2.24, 2.45) is 0 Å². The number of carbonyl (C=O) groups excluding carboxylic acids is 1. The molecular weight excluding hydrogens is 143 g/mol. The zero-order chi connectivity index (χ0) is 6.85. The summed E-state index contributed by atoms with van der Waals surface area (Å²) in [4.78, 5) is 27.2. The van der Waals surface area contributed by atoms with Crippen LogP contribution in [-0.2, 0) is 9.53 Å². The van der Waals surface area contributed by atoms with E-state index in [0.29, 0.717) is 0 Å². The predicted molar refractivity (Wildman–Crippen MR) is 30.4 cm³/mol. The van der Waals surface area contributed by atoms with Gasteiger partial charge < -0.3 is 14.5 Å². The predicted octanol–water partition coefficient (Wildman–Crippen LogP) is -0.276. The molecule has 0 fully saturated rings. The van der Waals surface area contributed by atoms with Crippen molar-refractivity contribution in [2.45, 2.75) is 0 Å². The second-order valence-corrected chi connectivity index (χ2v) is 2.69. The third-order valence-electron chi connectivity index (χ3n) is 0.904. The van der Waals surface area contributed by atoms with Gasteiger partial charge in [-0.15, -0.1) is 0 Å². The smallest absolute Gasteiger partial charge is 0.331 e. The molecule has 0 unspecified atom stereocenters. The molecule has 1 heterocycles. The van der Waals surface area contributed by atoms with E-state index >= 15 is 0 Å². The molecule has 1 aliphatic rings. The van der Waals surface area contributed by atoms with E-state index in [2.05, 4.69) is 4.74 Å². The van der Waals surface area contributed by atoms with Crippen LogP contribution in [0.5, 0.6) is 0 Å². The maximum atomic E-state index is 10.2. The van der Waals surface area contributed by atoms with Crippen molar-refractivity contribution in [1.82, 2.24) is 0 Å². The number of cyclic esters (lactones) is 1. The summed E-state index contributed by atoms with van der Waals surface area (Å²) in [6, 6.07) is 0. The SMILES string of the molecule is O=C1C=C(P(O)O)CO1. The van der Waals surface area contributed by atoms with Crippen molar-refractivity contribution >= 4 is 14.3 Å². The molecule has 50 valence electrons. The fourth-order valence-corrected chi connectivity index (χ4v) is 0.881. The molecule has 0 aromatic rings. The highest BCUT2D eigenvalue weighted by Gasteiger charge is 2.18. The Morgan fingerprint density at radius 1 is 1.67 bits per heavy atom. The minimum absolute atomic E-state index is 0.0253. The molecule has 0 saturated carbocycles. The lowest BCUT2D eigenvalue weighted by atomic mass is 10.6. The van der Waals surface area contributed by atoms with Crippen LogP contribution in [0.1, 0.15) is 0 Å². The molecule has 0 bridgehead atoms. The van der Waals surface area contributed by atoms with Crippen molar-refractivity contribution in [1.29, 1.82) is 0 Å². The molecule has 0 saturated heterocycles. The summed E-state index contributed by atoms with van der Waals surface area (Å²) in [5, 5.41) is 0.273. The Bertz CT molecular complexity index is 162. The number of ether oxygens (including phenoxy) is 1. The van der Waals surface area contributed by atoms with Crippen molar-refractivity contribution in [3.8, 4) is 0 Å². The summed E-state index contributed by atoms with van der Waals surface area (Å²) in [5.74, 6) is -0.499. The lowest BCUT2D eigenvalue weighted by Crippen LogP contribution is -1.90. The van der Waals surface area contributed by atoms with Gasteiger partial charge in [-0.25, -0.2) is 4.79 Å². The van der Waals surface area contributed by atoms with E-state index in [0.717, 1.165) is 6.08 Å². The summed E-state index contributed by atoms with van der Waals surface area (Å²) >= 11 is 0. The average Bonchev–Trinajstić information content (AvgIpc) is 2.14. The van der Waals surface area contributed by atoms with E-state index in [1.165, 1.54) is 0 Å². The normalized spacial score (nSPS) is 18.1. The van der Waals surface area contributed by atoms with Crippen LogP contribution in [0.2, 0.25) is 0 Å². The Hall–Kier alpha value is -0.440. The van der Waals surface area contributed by atoms with Gasteiger partial charge in [-0.05, 0) is 0 Å². The highest BCUT2D eigenvalue weighted by atomic mass is 31.2. The topological polar surface area (TPSA) is 66.8 Å². The van der Waals surface area contributed by atoms with E-state index in [1.54, 1.807) is 0 Å². The first kappa shape index (κ1) is 6.68. The number of carbonyl (C=O) groups is 1. The van der Waals surface area contributed by atoms with Gasteiger partial charge in [-0.2, -0.15) is 0 Å². The van der Waals surface area contributed by atoms with Gasteiger partial charge in [0.25, 0.3) is 0 Å². The van der Waals surface area contributed by atoms with Crippen molar-refractivity contribution in [3.05, 3.63) is 11.4 Å². The highest BCUT2D eigenvalue weighted by molar-refractivity contribution is 7.50. The molecule has 5 heteroatoms. The molecule has 2 N–H and O–H groups in total. The molecule has 4 nitrogen and oxygen atoms in total. The number of esters is 1. The first-order valence-corrected chi connectivity index (χ1v) is 3.50. The quantitative estimate of drug-likeness (QED) is 0.396. The molecule has 0 radical (unpaired) electrons. The Labute approximate surface area is 52.7 Å². The van der Waals surface area contributed by atoms with E-state index in [1.807, 2.05) is 0 Å². The van der Waals surface area contributed by atoms with Gasteiger partial charge in [0.05, 0.1) is 5.31 Å². The molecule has 0 aromatic heterocycles. The van der Waals surface area contributed by atoms with Gasteiger partial charge in [-0.1, -0.05) is 0 Å². The standard InChI is InChI=1S/C4H5O4P/c5-4-1-3(2-8-4)9(6)7/h1,6-7H,2H2. The van der Waals surface area contributed by atoms with Crippen LogP contribution in [0.15, 0.2) is 11.4 Å². The van der Waals surface area contributed by atoms with E-state index < -0.39 is 14.3 Å². The summed E-state index contributed by atoms with van der Waals surface area (Å²) < 4.78 is 4.39. The first-order valence-electron chi connectivity index (χ1n) is 2.25. The maximum absolute atomic E-state index is 10.2. The molecule has 0 amide bonds. The largest absolute Gasteiger partial charge is 0.457 e. The van der Waals surface area contributed by atoms with Gasteiger partial charge in [0.1, 0.15) is 6.61 Å². The van der Waals surface area contributed by atoms with Gasteiger partial charge in [0, 0.05) is 6.08 Å². The van der Waals surface area contributed by atoms with Gasteiger partial charge in [0.2, 0.25) is 0 Å².